The van der Waals surface area contributed by atoms with E-state index in [0.717, 1.165) is 18.2 Å². The summed E-state index contributed by atoms with van der Waals surface area (Å²) in [6, 6.07) is 7.61. The fourth-order valence-corrected chi connectivity index (χ4v) is 3.82. The average Bonchev–Trinajstić information content (AvgIpc) is 3.12. The lowest BCUT2D eigenvalue weighted by atomic mass is 9.91. The van der Waals surface area contributed by atoms with Crippen LogP contribution in [0.4, 0.5) is 32.0 Å². The number of hydrogen-bond acceptors (Lipinski definition) is 3. The molecule has 2 aromatic rings. The van der Waals surface area contributed by atoms with Crippen LogP contribution in [0.15, 0.2) is 42.5 Å². The number of aryl methyl sites for hydroxylation is 1. The summed E-state index contributed by atoms with van der Waals surface area (Å²) in [5, 5.41) is 2.10. The molecule has 4 nitrogen and oxygen atoms in total. The molecule has 12 heteroatoms. The number of nitrogens with one attached hydrogen (secondary N) is 2. The molecule has 2 aromatic carbocycles. The van der Waals surface area contributed by atoms with E-state index >= 15 is 0 Å². The topological polar surface area (TPSA) is 50.4 Å². The number of carbonyl (C=O) groups is 1. The summed E-state index contributed by atoms with van der Waals surface area (Å²) in [4.78, 5) is 16.7. The van der Waals surface area contributed by atoms with Crippen LogP contribution in [0.25, 0.3) is 5.70 Å². The molecular formula is C21H16Cl2F6N2O2. The van der Waals surface area contributed by atoms with Crippen molar-refractivity contribution >= 4 is 40.5 Å². The molecule has 0 radical (unpaired) electrons. The molecule has 1 atom stereocenters. The van der Waals surface area contributed by atoms with E-state index in [-0.39, 0.29) is 32.6 Å². The highest BCUT2D eigenvalue weighted by atomic mass is 35.5. The summed E-state index contributed by atoms with van der Waals surface area (Å²) in [5.74, 6) is -1.29. The standard InChI is InChI=1S/C21H16Cl2F6N2O2/c1-2-11-3-4-12(5-16(11)30-18(32)10-20(24,25)26)17-9-19(33-31-17,21(27,28)29)13-6-14(22)8-15(23)7-13/h3-9,31H,2,10H2,1H3,(H,30,32). The number of rotatable bonds is 5. The molecule has 33 heavy (non-hydrogen) atoms. The van der Waals surface area contributed by atoms with Crippen molar-refractivity contribution in [1.82, 2.24) is 5.48 Å². The zero-order valence-corrected chi connectivity index (χ0v) is 18.3. The molecule has 0 saturated heterocycles. The first-order chi connectivity index (χ1) is 15.2. The van der Waals surface area contributed by atoms with Crippen LogP contribution in [0.2, 0.25) is 10.0 Å². The highest BCUT2D eigenvalue weighted by Gasteiger charge is 2.59. The molecule has 0 aliphatic carbocycles. The second kappa shape index (κ2) is 9.08. The fourth-order valence-electron chi connectivity index (χ4n) is 3.30. The summed E-state index contributed by atoms with van der Waals surface area (Å²) in [5.41, 5.74) is -0.505. The smallest absolute Gasteiger partial charge is 0.326 e. The zero-order chi connectivity index (χ0) is 24.6. The Kier molecular flexibility index (Phi) is 6.93. The van der Waals surface area contributed by atoms with Crippen LogP contribution in [-0.4, -0.2) is 18.3 Å². The number of benzene rings is 2. The minimum absolute atomic E-state index is 0.0338. The Labute approximate surface area is 194 Å². The Bertz CT molecular complexity index is 1080. The molecule has 0 fully saturated rings. The van der Waals surface area contributed by atoms with E-state index in [1.54, 1.807) is 6.92 Å². The summed E-state index contributed by atoms with van der Waals surface area (Å²) in [7, 11) is 0. The lowest BCUT2D eigenvalue weighted by Gasteiger charge is -2.28. The van der Waals surface area contributed by atoms with Crippen LogP contribution in [0, 0.1) is 0 Å². The SMILES string of the molecule is CCc1ccc(C2=CC(c3cc(Cl)cc(Cl)c3)(C(F)(F)F)ON2)cc1NC(=O)CC(F)(F)F. The number of hydroxylamine groups is 1. The zero-order valence-electron chi connectivity index (χ0n) is 16.8. The molecular weight excluding hydrogens is 497 g/mol. The Morgan fingerprint density at radius 2 is 1.70 bits per heavy atom. The third kappa shape index (κ3) is 5.56. The maximum atomic E-state index is 14.1. The normalized spacial score (nSPS) is 18.6. The molecule has 1 unspecified atom stereocenters. The maximum absolute atomic E-state index is 14.1. The molecule has 0 aromatic heterocycles. The van der Waals surface area contributed by atoms with Crippen LogP contribution in [0.1, 0.15) is 30.0 Å². The molecule has 0 saturated carbocycles. The van der Waals surface area contributed by atoms with E-state index in [0.29, 0.717) is 12.0 Å². The van der Waals surface area contributed by atoms with E-state index in [9.17, 15) is 31.1 Å². The summed E-state index contributed by atoms with van der Waals surface area (Å²) in [6.07, 6.45) is -10.2. The van der Waals surface area contributed by atoms with Crippen LogP contribution >= 0.6 is 23.2 Å². The third-order valence-corrected chi connectivity index (χ3v) is 5.26. The van der Waals surface area contributed by atoms with Gasteiger partial charge in [-0.2, -0.15) is 26.3 Å². The first kappa shape index (κ1) is 25.2. The van der Waals surface area contributed by atoms with Crippen molar-refractivity contribution in [2.45, 2.75) is 37.7 Å². The Morgan fingerprint density at radius 3 is 2.24 bits per heavy atom. The predicted molar refractivity (Wildman–Crippen MR) is 112 cm³/mol. The number of halogens is 8. The molecule has 1 aliphatic rings. The van der Waals surface area contributed by atoms with Crippen LogP contribution in [0.5, 0.6) is 0 Å². The van der Waals surface area contributed by atoms with Gasteiger partial charge in [0.15, 0.2) is 0 Å². The van der Waals surface area contributed by atoms with E-state index < -0.39 is 30.3 Å². The highest BCUT2D eigenvalue weighted by Crippen LogP contribution is 2.48. The molecule has 178 valence electrons. The third-order valence-electron chi connectivity index (χ3n) is 4.82. The first-order valence-electron chi connectivity index (χ1n) is 9.44. The molecule has 3 rings (SSSR count). The van der Waals surface area contributed by atoms with Gasteiger partial charge in [-0.25, -0.2) is 0 Å². The lowest BCUT2D eigenvalue weighted by molar-refractivity contribution is -0.269. The highest BCUT2D eigenvalue weighted by molar-refractivity contribution is 6.34. The van der Waals surface area contributed by atoms with Gasteiger partial charge in [-0.05, 0) is 42.3 Å². The van der Waals surface area contributed by atoms with E-state index in [4.69, 9.17) is 28.0 Å². The molecule has 1 amide bonds. The summed E-state index contributed by atoms with van der Waals surface area (Å²) in [6.45, 7) is 1.71. The minimum atomic E-state index is -4.93. The van der Waals surface area contributed by atoms with Gasteiger partial charge in [-0.15, -0.1) is 0 Å². The largest absolute Gasteiger partial charge is 0.428 e. The molecule has 0 bridgehead atoms. The second-order valence-corrected chi connectivity index (χ2v) is 8.09. The monoisotopic (exact) mass is 512 g/mol. The molecule has 1 heterocycles. The van der Waals surface area contributed by atoms with Crippen molar-refractivity contribution < 1.29 is 36.0 Å². The van der Waals surface area contributed by atoms with Gasteiger partial charge < -0.3 is 5.32 Å². The second-order valence-electron chi connectivity index (χ2n) is 7.22. The van der Waals surface area contributed by atoms with Gasteiger partial charge in [0.2, 0.25) is 11.5 Å². The van der Waals surface area contributed by atoms with Gasteiger partial charge in [0.25, 0.3) is 0 Å². The molecule has 1 aliphatic heterocycles. The van der Waals surface area contributed by atoms with Gasteiger partial charge in [0, 0.05) is 26.9 Å². The van der Waals surface area contributed by atoms with Crippen molar-refractivity contribution in [2.75, 3.05) is 5.32 Å². The summed E-state index contributed by atoms with van der Waals surface area (Å²) < 4.78 is 79.9. The first-order valence-corrected chi connectivity index (χ1v) is 10.2. The van der Waals surface area contributed by atoms with E-state index in [1.165, 1.54) is 24.3 Å². The van der Waals surface area contributed by atoms with Gasteiger partial charge in [-0.3, -0.25) is 15.1 Å². The predicted octanol–water partition coefficient (Wildman–Crippen LogP) is 6.78. The van der Waals surface area contributed by atoms with Crippen molar-refractivity contribution in [2.24, 2.45) is 0 Å². The van der Waals surface area contributed by atoms with E-state index in [1.807, 2.05) is 0 Å². The molecule has 2 N–H and O–H groups in total. The van der Waals surface area contributed by atoms with Crippen LogP contribution in [0.3, 0.4) is 0 Å². The maximum Gasteiger partial charge on any atom is 0.428 e. The Balaban J connectivity index is 2.03. The number of anilines is 1. The Morgan fingerprint density at radius 1 is 1.06 bits per heavy atom. The number of alkyl halides is 6. The van der Waals surface area contributed by atoms with Crippen molar-refractivity contribution in [3.8, 4) is 0 Å². The van der Waals surface area contributed by atoms with Crippen molar-refractivity contribution in [1.29, 1.82) is 0 Å². The quantitative estimate of drug-likeness (QED) is 0.434. The number of amides is 1. The fraction of sp³-hybridized carbons (Fsp3) is 0.286. The van der Waals surface area contributed by atoms with Crippen molar-refractivity contribution in [3.05, 3.63) is 69.2 Å². The van der Waals surface area contributed by atoms with Gasteiger partial charge in [0.05, 0.1) is 5.70 Å². The van der Waals surface area contributed by atoms with Crippen LogP contribution in [-0.2, 0) is 21.7 Å². The number of carbonyl (C=O) groups excluding carboxylic acids is 1. The van der Waals surface area contributed by atoms with Crippen LogP contribution < -0.4 is 10.8 Å². The van der Waals surface area contributed by atoms with Crippen molar-refractivity contribution in [3.63, 3.8) is 0 Å². The van der Waals surface area contributed by atoms with Gasteiger partial charge in [-0.1, -0.05) is 42.3 Å². The summed E-state index contributed by atoms with van der Waals surface area (Å²) >= 11 is 11.7. The van der Waals surface area contributed by atoms with Gasteiger partial charge >= 0.3 is 12.4 Å². The number of hydrogen-bond donors (Lipinski definition) is 2. The lowest BCUT2D eigenvalue weighted by Crippen LogP contribution is -2.42. The van der Waals surface area contributed by atoms with E-state index in [2.05, 4.69) is 10.8 Å². The Hall–Kier alpha value is -2.43. The minimum Gasteiger partial charge on any atom is -0.326 e. The average molecular weight is 513 g/mol. The van der Waals surface area contributed by atoms with Gasteiger partial charge in [0.1, 0.15) is 6.42 Å². The molecule has 0 spiro atoms.